The molecule has 0 unspecified atom stereocenters. The molecule has 0 radical (unpaired) electrons. The third-order valence-electron chi connectivity index (χ3n) is 2.30. The second-order valence-corrected chi connectivity index (χ2v) is 3.87. The summed E-state index contributed by atoms with van der Waals surface area (Å²) in [4.78, 5) is 11.7. The molecular weight excluding hydrogens is 216 g/mol. The van der Waals surface area contributed by atoms with Gasteiger partial charge in [-0.15, -0.1) is 0 Å². The molecule has 88 valence electrons. The normalized spacial score (nSPS) is 10.2. The number of hydrogen-bond donors (Lipinski definition) is 2. The second-order valence-electron chi connectivity index (χ2n) is 3.87. The molecule has 0 saturated heterocycles. The molecule has 17 heavy (non-hydrogen) atoms. The highest BCUT2D eigenvalue weighted by Gasteiger charge is 2.05. The number of carbonyl (C=O) groups is 1. The smallest absolute Gasteiger partial charge is 0.228 e. The zero-order chi connectivity index (χ0) is 12.3. The highest BCUT2D eigenvalue weighted by atomic mass is 16.1. The molecule has 1 amide bonds. The predicted octanol–water partition coefficient (Wildman–Crippen LogP) is 1.18. The number of anilines is 2. The Morgan fingerprint density at radius 2 is 2.35 bits per heavy atom. The summed E-state index contributed by atoms with van der Waals surface area (Å²) in [6, 6.07) is 7.30. The van der Waals surface area contributed by atoms with E-state index in [4.69, 9.17) is 5.73 Å². The minimum absolute atomic E-state index is 0.0800. The number of aryl methyl sites for hydroxylation is 1. The van der Waals surface area contributed by atoms with Crippen LogP contribution in [0.5, 0.6) is 0 Å². The summed E-state index contributed by atoms with van der Waals surface area (Å²) in [6.07, 6.45) is 3.66. The van der Waals surface area contributed by atoms with E-state index in [2.05, 4.69) is 10.4 Å². The quantitative estimate of drug-likeness (QED) is 0.778. The zero-order valence-electron chi connectivity index (χ0n) is 9.55. The number of nitrogens with two attached hydrogens (primary N) is 1. The van der Waals surface area contributed by atoms with Gasteiger partial charge in [0.05, 0.1) is 18.3 Å². The molecule has 2 rings (SSSR count). The Labute approximate surface area is 99.2 Å². The van der Waals surface area contributed by atoms with Gasteiger partial charge < -0.3 is 11.1 Å². The first kappa shape index (κ1) is 11.2. The molecule has 0 fully saturated rings. The van der Waals surface area contributed by atoms with Crippen molar-refractivity contribution in [3.63, 3.8) is 0 Å². The van der Waals surface area contributed by atoms with Gasteiger partial charge in [-0.1, -0.05) is 12.1 Å². The van der Waals surface area contributed by atoms with Crippen molar-refractivity contribution in [1.82, 2.24) is 9.78 Å². The van der Waals surface area contributed by atoms with Crippen molar-refractivity contribution in [2.24, 2.45) is 7.05 Å². The van der Waals surface area contributed by atoms with E-state index < -0.39 is 0 Å². The number of nitrogen functional groups attached to an aromatic ring is 1. The number of benzene rings is 1. The highest BCUT2D eigenvalue weighted by molar-refractivity contribution is 5.92. The van der Waals surface area contributed by atoms with Gasteiger partial charge in [-0.25, -0.2) is 0 Å². The monoisotopic (exact) mass is 230 g/mol. The molecule has 3 N–H and O–H groups in total. The Hall–Kier alpha value is -2.30. The van der Waals surface area contributed by atoms with Crippen LogP contribution in [0.15, 0.2) is 36.7 Å². The van der Waals surface area contributed by atoms with Crippen LogP contribution in [-0.4, -0.2) is 15.7 Å². The predicted molar refractivity (Wildman–Crippen MR) is 66.4 cm³/mol. The number of nitrogens with zero attached hydrogens (tertiary/aromatic N) is 2. The number of nitrogens with one attached hydrogen (secondary N) is 1. The molecule has 1 aromatic heterocycles. The fraction of sp³-hybridized carbons (Fsp3) is 0.167. The van der Waals surface area contributed by atoms with E-state index in [1.807, 2.05) is 12.1 Å². The van der Waals surface area contributed by atoms with Crippen LogP contribution in [0.4, 0.5) is 11.4 Å². The zero-order valence-corrected chi connectivity index (χ0v) is 9.55. The van der Waals surface area contributed by atoms with Gasteiger partial charge in [0.25, 0.3) is 0 Å². The topological polar surface area (TPSA) is 72.9 Å². The van der Waals surface area contributed by atoms with Gasteiger partial charge in [0.1, 0.15) is 0 Å². The molecule has 0 spiro atoms. The minimum atomic E-state index is -0.0800. The molecule has 1 heterocycles. The SMILES string of the molecule is Cn1cc(NC(=O)Cc2cccc(N)c2)cn1. The summed E-state index contributed by atoms with van der Waals surface area (Å²) in [5, 5.41) is 6.74. The lowest BCUT2D eigenvalue weighted by Gasteiger charge is -2.03. The average molecular weight is 230 g/mol. The van der Waals surface area contributed by atoms with Crippen LogP contribution >= 0.6 is 0 Å². The van der Waals surface area contributed by atoms with Crippen molar-refractivity contribution in [2.45, 2.75) is 6.42 Å². The van der Waals surface area contributed by atoms with Crippen molar-refractivity contribution in [1.29, 1.82) is 0 Å². The van der Waals surface area contributed by atoms with Crippen LogP contribution in [0.3, 0.4) is 0 Å². The van der Waals surface area contributed by atoms with Gasteiger partial charge in [0.2, 0.25) is 5.91 Å². The summed E-state index contributed by atoms with van der Waals surface area (Å²) in [6.45, 7) is 0. The number of carbonyl (C=O) groups excluding carboxylic acids is 1. The van der Waals surface area contributed by atoms with Gasteiger partial charge in [-0.2, -0.15) is 5.10 Å². The van der Waals surface area contributed by atoms with Gasteiger partial charge >= 0.3 is 0 Å². The Balaban J connectivity index is 1.98. The lowest BCUT2D eigenvalue weighted by molar-refractivity contribution is -0.115. The molecule has 0 bridgehead atoms. The molecule has 2 aromatic rings. The Morgan fingerprint density at radius 1 is 1.53 bits per heavy atom. The van der Waals surface area contributed by atoms with E-state index in [1.165, 1.54) is 0 Å². The van der Waals surface area contributed by atoms with Crippen molar-refractivity contribution in [3.8, 4) is 0 Å². The van der Waals surface area contributed by atoms with Gasteiger partial charge in [-0.3, -0.25) is 9.48 Å². The minimum Gasteiger partial charge on any atom is -0.399 e. The first-order chi connectivity index (χ1) is 8.13. The van der Waals surface area contributed by atoms with Crippen LogP contribution in [0.2, 0.25) is 0 Å². The van der Waals surface area contributed by atoms with E-state index >= 15 is 0 Å². The molecule has 0 aliphatic rings. The Kier molecular flexibility index (Phi) is 3.09. The Morgan fingerprint density at radius 3 is 3.00 bits per heavy atom. The molecule has 0 atom stereocenters. The fourth-order valence-electron chi connectivity index (χ4n) is 1.58. The van der Waals surface area contributed by atoms with Crippen molar-refractivity contribution in [2.75, 3.05) is 11.1 Å². The summed E-state index contributed by atoms with van der Waals surface area (Å²) in [5.74, 6) is -0.0800. The molecule has 0 aliphatic carbocycles. The molecule has 0 aliphatic heterocycles. The van der Waals surface area contributed by atoms with Crippen LogP contribution in [0.25, 0.3) is 0 Å². The van der Waals surface area contributed by atoms with Gasteiger partial charge in [-0.05, 0) is 17.7 Å². The standard InChI is InChI=1S/C12H14N4O/c1-16-8-11(7-14-16)15-12(17)6-9-3-2-4-10(13)5-9/h2-5,7-8H,6,13H2,1H3,(H,15,17). The maximum atomic E-state index is 11.7. The maximum Gasteiger partial charge on any atom is 0.228 e. The Bertz CT molecular complexity index is 533. The summed E-state index contributed by atoms with van der Waals surface area (Å²) in [5.41, 5.74) is 7.90. The van der Waals surface area contributed by atoms with E-state index in [0.29, 0.717) is 17.8 Å². The molecule has 1 aromatic carbocycles. The second kappa shape index (κ2) is 4.69. The molecule has 5 nitrogen and oxygen atoms in total. The fourth-order valence-corrected chi connectivity index (χ4v) is 1.58. The van der Waals surface area contributed by atoms with Crippen molar-refractivity contribution < 1.29 is 4.79 Å². The maximum absolute atomic E-state index is 11.7. The number of rotatable bonds is 3. The summed E-state index contributed by atoms with van der Waals surface area (Å²) >= 11 is 0. The van der Waals surface area contributed by atoms with Crippen LogP contribution in [-0.2, 0) is 18.3 Å². The van der Waals surface area contributed by atoms with Crippen molar-refractivity contribution in [3.05, 3.63) is 42.2 Å². The van der Waals surface area contributed by atoms with E-state index in [-0.39, 0.29) is 5.91 Å². The average Bonchev–Trinajstić information content (AvgIpc) is 2.63. The van der Waals surface area contributed by atoms with Gasteiger partial charge in [0.15, 0.2) is 0 Å². The number of amides is 1. The third-order valence-corrected chi connectivity index (χ3v) is 2.30. The first-order valence-electron chi connectivity index (χ1n) is 5.26. The van der Waals surface area contributed by atoms with Gasteiger partial charge in [0, 0.05) is 18.9 Å². The lowest BCUT2D eigenvalue weighted by atomic mass is 10.1. The number of aromatic nitrogens is 2. The summed E-state index contributed by atoms with van der Waals surface area (Å²) < 4.78 is 1.64. The van der Waals surface area contributed by atoms with Crippen LogP contribution in [0.1, 0.15) is 5.56 Å². The van der Waals surface area contributed by atoms with E-state index in [0.717, 1.165) is 5.56 Å². The van der Waals surface area contributed by atoms with E-state index in [1.54, 1.807) is 36.3 Å². The lowest BCUT2D eigenvalue weighted by Crippen LogP contribution is -2.14. The summed E-state index contributed by atoms with van der Waals surface area (Å²) in [7, 11) is 1.80. The molecule has 0 saturated carbocycles. The molecule has 5 heteroatoms. The van der Waals surface area contributed by atoms with Crippen LogP contribution in [0, 0.1) is 0 Å². The first-order valence-corrected chi connectivity index (χ1v) is 5.26. The largest absolute Gasteiger partial charge is 0.399 e. The van der Waals surface area contributed by atoms with Crippen molar-refractivity contribution >= 4 is 17.3 Å². The molecular formula is C12H14N4O. The number of hydrogen-bond acceptors (Lipinski definition) is 3. The van der Waals surface area contributed by atoms with E-state index in [9.17, 15) is 4.79 Å². The van der Waals surface area contributed by atoms with Crippen LogP contribution < -0.4 is 11.1 Å². The highest BCUT2D eigenvalue weighted by Crippen LogP contribution is 2.09. The third kappa shape index (κ3) is 3.07.